The second kappa shape index (κ2) is 14.4. The predicted octanol–water partition coefficient (Wildman–Crippen LogP) is 8.49. The van der Waals surface area contributed by atoms with E-state index < -0.39 is 8.32 Å². The van der Waals surface area contributed by atoms with Gasteiger partial charge >= 0.3 is 0 Å². The summed E-state index contributed by atoms with van der Waals surface area (Å²) in [5.74, 6) is 0. The smallest absolute Gasteiger partial charge is 0.195 e. The molecule has 0 fully saturated rings. The van der Waals surface area contributed by atoms with Gasteiger partial charge < -0.3 is 4.43 Å². The van der Waals surface area contributed by atoms with Gasteiger partial charge in [0, 0.05) is 6.10 Å². The van der Waals surface area contributed by atoms with Gasteiger partial charge in [0.1, 0.15) is 0 Å². The zero-order valence-corrected chi connectivity index (χ0v) is 19.1. The molecule has 146 valence electrons. The molecule has 1 unspecified atom stereocenters. The summed E-state index contributed by atoms with van der Waals surface area (Å²) in [6.45, 7) is 16.4. The van der Waals surface area contributed by atoms with Gasteiger partial charge in [-0.15, -0.1) is 0 Å². The van der Waals surface area contributed by atoms with E-state index in [0.29, 0.717) is 17.2 Å². The average Bonchev–Trinajstić information content (AvgIpc) is 2.52. The van der Waals surface area contributed by atoms with Crippen molar-refractivity contribution in [3.8, 4) is 0 Å². The number of unbranched alkanes of at least 4 members (excludes halogenated alkanes) is 10. The lowest BCUT2D eigenvalue weighted by Crippen LogP contribution is -2.43. The summed E-state index contributed by atoms with van der Waals surface area (Å²) < 4.78 is 6.59. The first-order valence-electron chi connectivity index (χ1n) is 11.0. The zero-order chi connectivity index (χ0) is 18.4. The summed E-state index contributed by atoms with van der Waals surface area (Å²) in [5.41, 5.74) is 1.41. The Labute approximate surface area is 155 Å². The van der Waals surface area contributed by atoms with Crippen LogP contribution in [0.3, 0.4) is 0 Å². The summed E-state index contributed by atoms with van der Waals surface area (Å²) in [4.78, 5) is 0. The fourth-order valence-electron chi connectivity index (χ4n) is 3.53. The average molecular weight is 357 g/mol. The van der Waals surface area contributed by atoms with Gasteiger partial charge in [-0.3, -0.25) is 0 Å². The molecular formula is C22H48OSi. The predicted molar refractivity (Wildman–Crippen MR) is 113 cm³/mol. The van der Waals surface area contributed by atoms with Crippen molar-refractivity contribution in [3.05, 3.63) is 0 Å². The molecule has 1 nitrogen and oxygen atoms in total. The molecule has 0 spiro atoms. The molecular weight excluding hydrogens is 308 g/mol. The van der Waals surface area contributed by atoms with Crippen molar-refractivity contribution in [2.24, 2.45) is 0 Å². The molecule has 0 heterocycles. The monoisotopic (exact) mass is 356 g/mol. The molecule has 0 saturated heterocycles. The van der Waals surface area contributed by atoms with Gasteiger partial charge in [0.25, 0.3) is 0 Å². The molecule has 0 aliphatic rings. The van der Waals surface area contributed by atoms with Gasteiger partial charge in [0.2, 0.25) is 0 Å². The molecule has 0 saturated carbocycles. The SMILES string of the molecule is CCCCCCCCCCCCCC(C)O[Si](C)(C(C)C)C(C)C. The maximum Gasteiger partial charge on any atom is 0.195 e. The molecule has 0 amide bonds. The lowest BCUT2D eigenvalue weighted by molar-refractivity contribution is 0.185. The van der Waals surface area contributed by atoms with Crippen molar-refractivity contribution >= 4 is 8.32 Å². The van der Waals surface area contributed by atoms with Crippen LogP contribution in [0.1, 0.15) is 119 Å². The third-order valence-corrected chi connectivity index (χ3v) is 11.5. The van der Waals surface area contributed by atoms with Crippen LogP contribution in [-0.4, -0.2) is 14.4 Å². The highest BCUT2D eigenvalue weighted by atomic mass is 28.4. The molecule has 1 atom stereocenters. The van der Waals surface area contributed by atoms with Crippen LogP contribution >= 0.6 is 0 Å². The maximum absolute atomic E-state index is 6.59. The van der Waals surface area contributed by atoms with Gasteiger partial charge in [-0.2, -0.15) is 0 Å². The molecule has 0 N–H and O–H groups in total. The minimum absolute atomic E-state index is 0.449. The van der Waals surface area contributed by atoms with Crippen molar-refractivity contribution in [2.45, 2.75) is 142 Å². The molecule has 0 aliphatic carbocycles. The highest BCUT2D eigenvalue weighted by Gasteiger charge is 2.37. The fraction of sp³-hybridized carbons (Fsp3) is 1.00. The standard InChI is InChI=1S/C22H48OSi/c1-8-9-10-11-12-13-14-15-16-17-18-19-22(6)23-24(7,20(2)3)21(4)5/h20-22H,8-19H2,1-7H3. The van der Waals surface area contributed by atoms with E-state index in [4.69, 9.17) is 4.43 Å². The van der Waals surface area contributed by atoms with Gasteiger partial charge in [0.15, 0.2) is 8.32 Å². The van der Waals surface area contributed by atoms with Gasteiger partial charge in [-0.25, -0.2) is 0 Å². The lowest BCUT2D eigenvalue weighted by Gasteiger charge is -2.37. The topological polar surface area (TPSA) is 9.23 Å². The van der Waals surface area contributed by atoms with E-state index >= 15 is 0 Å². The van der Waals surface area contributed by atoms with E-state index in [9.17, 15) is 0 Å². The van der Waals surface area contributed by atoms with Crippen LogP contribution in [0.15, 0.2) is 0 Å². The third kappa shape index (κ3) is 10.9. The van der Waals surface area contributed by atoms with Crippen molar-refractivity contribution in [1.82, 2.24) is 0 Å². The van der Waals surface area contributed by atoms with Crippen molar-refractivity contribution in [3.63, 3.8) is 0 Å². The third-order valence-electron chi connectivity index (χ3n) is 5.96. The molecule has 0 aromatic heterocycles. The normalized spacial score (nSPS) is 13.9. The first kappa shape index (κ1) is 24.2. The Hall–Kier alpha value is 0.177. The minimum atomic E-state index is -1.57. The van der Waals surface area contributed by atoms with Crippen molar-refractivity contribution in [2.75, 3.05) is 0 Å². The quantitative estimate of drug-likeness (QED) is 0.199. The van der Waals surface area contributed by atoms with Crippen LogP contribution in [0.2, 0.25) is 17.6 Å². The second-order valence-corrected chi connectivity index (χ2v) is 13.7. The molecule has 0 radical (unpaired) electrons. The fourth-order valence-corrected chi connectivity index (χ4v) is 6.39. The van der Waals surface area contributed by atoms with Crippen LogP contribution < -0.4 is 0 Å². The van der Waals surface area contributed by atoms with Gasteiger partial charge in [-0.1, -0.05) is 105 Å². The Kier molecular flexibility index (Phi) is 14.5. The number of hydrogen-bond donors (Lipinski definition) is 0. The van der Waals surface area contributed by atoms with Crippen LogP contribution in [0.25, 0.3) is 0 Å². The summed E-state index contributed by atoms with van der Waals surface area (Å²) >= 11 is 0. The van der Waals surface area contributed by atoms with Crippen molar-refractivity contribution < 1.29 is 4.43 Å². The summed E-state index contributed by atoms with van der Waals surface area (Å²) in [5, 5.41) is 0. The lowest BCUT2D eigenvalue weighted by atomic mass is 10.0. The van der Waals surface area contributed by atoms with E-state index in [-0.39, 0.29) is 0 Å². The van der Waals surface area contributed by atoms with Crippen LogP contribution in [0.4, 0.5) is 0 Å². The van der Waals surface area contributed by atoms with E-state index in [1.54, 1.807) is 0 Å². The minimum Gasteiger partial charge on any atom is -0.414 e. The first-order chi connectivity index (χ1) is 11.3. The maximum atomic E-state index is 6.59. The second-order valence-electron chi connectivity index (χ2n) is 8.75. The highest BCUT2D eigenvalue weighted by molar-refractivity contribution is 6.75. The molecule has 0 aliphatic heterocycles. The van der Waals surface area contributed by atoms with Crippen LogP contribution in [0, 0.1) is 0 Å². The first-order valence-corrected chi connectivity index (χ1v) is 13.6. The van der Waals surface area contributed by atoms with Gasteiger partial charge in [-0.05, 0) is 31.0 Å². The Morgan fingerprint density at radius 1 is 0.625 bits per heavy atom. The Morgan fingerprint density at radius 2 is 1.00 bits per heavy atom. The number of rotatable bonds is 16. The van der Waals surface area contributed by atoms with Crippen LogP contribution in [0.5, 0.6) is 0 Å². The number of hydrogen-bond acceptors (Lipinski definition) is 1. The highest BCUT2D eigenvalue weighted by Crippen LogP contribution is 2.34. The molecule has 0 aromatic carbocycles. The van der Waals surface area contributed by atoms with Crippen LogP contribution in [-0.2, 0) is 4.43 Å². The van der Waals surface area contributed by atoms with E-state index in [2.05, 4.69) is 48.1 Å². The summed E-state index contributed by atoms with van der Waals surface area (Å²) in [7, 11) is -1.57. The molecule has 0 rings (SSSR count). The summed E-state index contributed by atoms with van der Waals surface area (Å²) in [6.07, 6.45) is 17.3. The Bertz CT molecular complexity index is 267. The Balaban J connectivity index is 3.60. The van der Waals surface area contributed by atoms with E-state index in [0.717, 1.165) is 0 Å². The summed E-state index contributed by atoms with van der Waals surface area (Å²) in [6, 6.07) is 0. The molecule has 24 heavy (non-hydrogen) atoms. The Morgan fingerprint density at radius 3 is 1.38 bits per heavy atom. The molecule has 2 heteroatoms. The van der Waals surface area contributed by atoms with E-state index in [1.165, 1.54) is 77.0 Å². The van der Waals surface area contributed by atoms with Gasteiger partial charge in [0.05, 0.1) is 0 Å². The largest absolute Gasteiger partial charge is 0.414 e. The zero-order valence-electron chi connectivity index (χ0n) is 18.1. The van der Waals surface area contributed by atoms with E-state index in [1.807, 2.05) is 0 Å². The van der Waals surface area contributed by atoms with Crippen molar-refractivity contribution in [1.29, 1.82) is 0 Å². The molecule has 0 bridgehead atoms. The molecule has 0 aromatic rings.